The summed E-state index contributed by atoms with van der Waals surface area (Å²) in [4.78, 5) is 0. The standard InChI is InChI=1S/C58H60/c1-7-26-45(9-3)54(47-28-16-11-17-29-47)40-44(6)57(46(10-4)27-8-2)58-52(41-55(48-30-18-12-19-31-48)49-32-20-13-21-33-49)38-43(5)39-53(58)42-56(50-34-22-14-23-35-50)51-36-24-15-25-37-51/h9,11-39,54-56H,1,8,10,40-42H2,2-6H3/b45-9+,46-27-,57-44-. The van der Waals surface area contributed by atoms with E-state index < -0.39 is 0 Å². The lowest BCUT2D eigenvalue weighted by molar-refractivity contribution is 0.777. The maximum atomic E-state index is 4.00. The molecule has 0 heterocycles. The summed E-state index contributed by atoms with van der Waals surface area (Å²) < 4.78 is 0. The molecule has 1 atom stereocenters. The molecule has 0 aliphatic rings. The molecule has 58 heavy (non-hydrogen) atoms. The fourth-order valence-electron chi connectivity index (χ4n) is 8.96. The molecule has 0 nitrogen and oxygen atoms in total. The molecule has 0 aromatic heterocycles. The van der Waals surface area contributed by atoms with Crippen molar-refractivity contribution in [2.75, 3.05) is 0 Å². The Bertz CT molecular complexity index is 2150. The van der Waals surface area contributed by atoms with Gasteiger partial charge in [-0.25, -0.2) is 0 Å². The van der Waals surface area contributed by atoms with Gasteiger partial charge in [-0.05, 0) is 120 Å². The van der Waals surface area contributed by atoms with Crippen LogP contribution in [-0.2, 0) is 12.8 Å². The van der Waals surface area contributed by atoms with E-state index in [0.29, 0.717) is 0 Å². The summed E-state index contributed by atoms with van der Waals surface area (Å²) in [6.45, 7) is 15.4. The minimum atomic E-state index is 0.162. The van der Waals surface area contributed by atoms with Crippen LogP contribution in [0.3, 0.4) is 0 Å². The van der Waals surface area contributed by atoms with Crippen molar-refractivity contribution < 1.29 is 0 Å². The van der Waals surface area contributed by atoms with Crippen LogP contribution in [0, 0.1) is 6.92 Å². The van der Waals surface area contributed by atoms with Gasteiger partial charge in [0.1, 0.15) is 0 Å². The molecule has 0 saturated carbocycles. The first-order valence-electron chi connectivity index (χ1n) is 21.2. The molecule has 1 unspecified atom stereocenters. The first kappa shape index (κ1) is 41.7. The van der Waals surface area contributed by atoms with Crippen molar-refractivity contribution >= 4 is 5.57 Å². The Morgan fingerprint density at radius 1 is 0.603 bits per heavy atom. The molecule has 0 aliphatic heterocycles. The minimum Gasteiger partial charge on any atom is -0.128 e. The first-order chi connectivity index (χ1) is 28.4. The Balaban J connectivity index is 1.66. The second-order valence-electron chi connectivity index (χ2n) is 15.6. The molecule has 292 valence electrons. The van der Waals surface area contributed by atoms with Crippen molar-refractivity contribution in [3.63, 3.8) is 0 Å². The predicted octanol–water partition coefficient (Wildman–Crippen LogP) is 15.7. The van der Waals surface area contributed by atoms with Gasteiger partial charge in [0.2, 0.25) is 0 Å². The molecule has 0 fully saturated rings. The highest BCUT2D eigenvalue weighted by atomic mass is 14.3. The third-order valence-corrected chi connectivity index (χ3v) is 11.6. The summed E-state index contributed by atoms with van der Waals surface area (Å²) in [5.74, 6) is 0.553. The van der Waals surface area contributed by atoms with Crippen LogP contribution in [0.5, 0.6) is 0 Å². The maximum Gasteiger partial charge on any atom is 0.0130 e. The fourth-order valence-corrected chi connectivity index (χ4v) is 8.96. The van der Waals surface area contributed by atoms with Crippen molar-refractivity contribution in [1.29, 1.82) is 0 Å². The van der Waals surface area contributed by atoms with Crippen LogP contribution in [-0.4, -0.2) is 0 Å². The Hall–Kier alpha value is -5.94. The first-order valence-corrected chi connectivity index (χ1v) is 21.2. The van der Waals surface area contributed by atoms with Gasteiger partial charge in [0.25, 0.3) is 0 Å². The Labute approximate surface area is 349 Å². The SMILES string of the molecule is C=C=C/C(=C\C)C(C/C(C)=C(/C(=C\CC)CC)c1c(CC(c2ccccc2)c2ccccc2)cc(C)cc1CC(c1ccccc1)c1ccccc1)c1ccccc1. The van der Waals surface area contributed by atoms with Gasteiger partial charge in [-0.1, -0.05) is 208 Å². The van der Waals surface area contributed by atoms with Gasteiger partial charge in [0.15, 0.2) is 0 Å². The van der Waals surface area contributed by atoms with E-state index in [9.17, 15) is 0 Å². The van der Waals surface area contributed by atoms with E-state index in [4.69, 9.17) is 0 Å². The molecular formula is C58H60. The van der Waals surface area contributed by atoms with Crippen molar-refractivity contribution in [2.24, 2.45) is 0 Å². The van der Waals surface area contributed by atoms with Gasteiger partial charge in [-0.15, -0.1) is 5.73 Å². The third kappa shape index (κ3) is 10.3. The topological polar surface area (TPSA) is 0 Å². The van der Waals surface area contributed by atoms with E-state index >= 15 is 0 Å². The number of allylic oxidation sites excluding steroid dienone is 7. The van der Waals surface area contributed by atoms with Crippen LogP contribution in [0.1, 0.15) is 115 Å². The smallest absolute Gasteiger partial charge is 0.0130 e. The Morgan fingerprint density at radius 2 is 1.00 bits per heavy atom. The quantitative estimate of drug-likeness (QED) is 0.0642. The summed E-state index contributed by atoms with van der Waals surface area (Å²) in [7, 11) is 0. The molecule has 0 saturated heterocycles. The number of benzene rings is 6. The van der Waals surface area contributed by atoms with E-state index in [1.807, 2.05) is 0 Å². The molecule has 0 N–H and O–H groups in total. The van der Waals surface area contributed by atoms with E-state index in [0.717, 1.165) is 32.1 Å². The predicted molar refractivity (Wildman–Crippen MR) is 251 cm³/mol. The third-order valence-electron chi connectivity index (χ3n) is 11.6. The molecule has 6 aromatic carbocycles. The second kappa shape index (κ2) is 21.0. The second-order valence-corrected chi connectivity index (χ2v) is 15.6. The molecule has 0 heteroatoms. The van der Waals surface area contributed by atoms with Crippen molar-refractivity contribution in [1.82, 2.24) is 0 Å². The summed E-state index contributed by atoms with van der Waals surface area (Å²) in [5.41, 5.74) is 20.8. The van der Waals surface area contributed by atoms with Crippen LogP contribution in [0.4, 0.5) is 0 Å². The van der Waals surface area contributed by atoms with Crippen LogP contribution < -0.4 is 0 Å². The lowest BCUT2D eigenvalue weighted by atomic mass is 9.75. The number of hydrogen-bond acceptors (Lipinski definition) is 0. The van der Waals surface area contributed by atoms with Crippen molar-refractivity contribution in [3.05, 3.63) is 261 Å². The molecule has 0 amide bonds. The largest absolute Gasteiger partial charge is 0.128 e. The number of rotatable bonds is 17. The summed E-state index contributed by atoms with van der Waals surface area (Å²) in [6.07, 6.45) is 11.4. The molecule has 0 spiro atoms. The van der Waals surface area contributed by atoms with Gasteiger partial charge in [-0.2, -0.15) is 0 Å². The van der Waals surface area contributed by atoms with Gasteiger partial charge in [-0.3, -0.25) is 0 Å². The minimum absolute atomic E-state index is 0.162. The zero-order valence-electron chi connectivity index (χ0n) is 35.3. The zero-order valence-corrected chi connectivity index (χ0v) is 35.3. The van der Waals surface area contributed by atoms with E-state index in [2.05, 4.69) is 229 Å². The molecule has 0 aliphatic carbocycles. The molecule has 0 bridgehead atoms. The highest BCUT2D eigenvalue weighted by Crippen LogP contribution is 2.43. The van der Waals surface area contributed by atoms with Crippen LogP contribution in [0.25, 0.3) is 5.57 Å². The maximum absolute atomic E-state index is 4.00. The summed E-state index contributed by atoms with van der Waals surface area (Å²) in [6, 6.07) is 60.5. The average Bonchev–Trinajstić information content (AvgIpc) is 3.27. The highest BCUT2D eigenvalue weighted by Gasteiger charge is 2.27. The van der Waals surface area contributed by atoms with E-state index in [1.54, 1.807) is 0 Å². The summed E-state index contributed by atoms with van der Waals surface area (Å²) >= 11 is 0. The summed E-state index contributed by atoms with van der Waals surface area (Å²) in [5, 5.41) is 0. The van der Waals surface area contributed by atoms with E-state index in [-0.39, 0.29) is 17.8 Å². The molecule has 6 rings (SSSR count). The zero-order chi connectivity index (χ0) is 40.7. The molecule has 0 radical (unpaired) electrons. The molecular weight excluding hydrogens is 697 g/mol. The van der Waals surface area contributed by atoms with Crippen LogP contribution >= 0.6 is 0 Å². The van der Waals surface area contributed by atoms with Gasteiger partial charge in [0.05, 0.1) is 0 Å². The fraction of sp³-hybridized carbons (Fsp3) is 0.224. The van der Waals surface area contributed by atoms with Crippen molar-refractivity contribution in [3.8, 4) is 0 Å². The van der Waals surface area contributed by atoms with Gasteiger partial charge < -0.3 is 0 Å². The highest BCUT2D eigenvalue weighted by molar-refractivity contribution is 5.85. The molecule has 6 aromatic rings. The lowest BCUT2D eigenvalue weighted by Crippen LogP contribution is -2.13. The lowest BCUT2D eigenvalue weighted by Gasteiger charge is -2.29. The monoisotopic (exact) mass is 756 g/mol. The number of hydrogen-bond donors (Lipinski definition) is 0. The Morgan fingerprint density at radius 3 is 1.34 bits per heavy atom. The number of aryl methyl sites for hydroxylation is 1. The van der Waals surface area contributed by atoms with Crippen molar-refractivity contribution in [2.45, 2.75) is 84.5 Å². The van der Waals surface area contributed by atoms with Gasteiger partial charge in [0, 0.05) is 17.8 Å². The normalized spacial score (nSPS) is 12.9. The van der Waals surface area contributed by atoms with Crippen LogP contribution in [0.15, 0.2) is 211 Å². The van der Waals surface area contributed by atoms with Gasteiger partial charge >= 0.3 is 0 Å². The Kier molecular flexibility index (Phi) is 15.1. The van der Waals surface area contributed by atoms with E-state index in [1.165, 1.54) is 72.4 Å². The van der Waals surface area contributed by atoms with Crippen LogP contribution in [0.2, 0.25) is 0 Å². The average molecular weight is 757 g/mol.